The summed E-state index contributed by atoms with van der Waals surface area (Å²) < 4.78 is 23.4. The normalized spacial score (nSPS) is 21.3. The van der Waals surface area contributed by atoms with Gasteiger partial charge < -0.3 is 10.2 Å². The maximum atomic E-state index is 12.1. The zero-order chi connectivity index (χ0) is 15.7. The highest BCUT2D eigenvalue weighted by atomic mass is 32.2. The lowest BCUT2D eigenvalue weighted by Crippen LogP contribution is -2.61. The van der Waals surface area contributed by atoms with Gasteiger partial charge in [0.2, 0.25) is 11.8 Å². The number of nitrogens with zero attached hydrogens (tertiary/aromatic N) is 1. The lowest BCUT2D eigenvalue weighted by molar-refractivity contribution is -0.147. The molecule has 6 nitrogen and oxygen atoms in total. The van der Waals surface area contributed by atoms with Crippen molar-refractivity contribution in [2.45, 2.75) is 45.4 Å². The molecule has 1 fully saturated rings. The lowest BCUT2D eigenvalue weighted by atomic mass is 9.99. The van der Waals surface area contributed by atoms with Crippen molar-refractivity contribution in [1.82, 2.24) is 10.2 Å². The molecule has 0 aromatic heterocycles. The summed E-state index contributed by atoms with van der Waals surface area (Å²) in [4.78, 5) is 25.2. The fourth-order valence-electron chi connectivity index (χ4n) is 2.12. The van der Waals surface area contributed by atoms with Crippen LogP contribution in [0.4, 0.5) is 0 Å². The molecular formula is C13H24N2O4S. The zero-order valence-corrected chi connectivity index (χ0v) is 13.6. The molecule has 0 radical (unpaired) electrons. The van der Waals surface area contributed by atoms with E-state index in [4.69, 9.17) is 0 Å². The molecule has 0 aliphatic carbocycles. The molecule has 1 heterocycles. The number of nitrogens with one attached hydrogen (secondary N) is 1. The third-order valence-corrected chi connectivity index (χ3v) is 6.09. The Kier molecular flexibility index (Phi) is 4.84. The zero-order valence-electron chi connectivity index (χ0n) is 12.8. The molecule has 2 amide bonds. The quantitative estimate of drug-likeness (QED) is 0.803. The minimum atomic E-state index is -3.31. The predicted octanol–water partition coefficient (Wildman–Crippen LogP) is 0.183. The van der Waals surface area contributed by atoms with E-state index in [2.05, 4.69) is 5.32 Å². The van der Waals surface area contributed by atoms with E-state index in [1.807, 2.05) is 13.8 Å². The van der Waals surface area contributed by atoms with Crippen molar-refractivity contribution in [3.8, 4) is 0 Å². The van der Waals surface area contributed by atoms with Gasteiger partial charge in [-0.3, -0.25) is 9.59 Å². The summed E-state index contributed by atoms with van der Waals surface area (Å²) in [5.41, 5.74) is 0. The molecule has 0 aromatic rings. The van der Waals surface area contributed by atoms with E-state index in [-0.39, 0.29) is 36.6 Å². The Morgan fingerprint density at radius 2 is 1.85 bits per heavy atom. The third-order valence-electron chi connectivity index (χ3n) is 3.50. The number of carbonyl (C=O) groups is 2. The van der Waals surface area contributed by atoms with Crippen molar-refractivity contribution >= 4 is 21.7 Å². The Morgan fingerprint density at radius 1 is 1.30 bits per heavy atom. The SMILES string of the molecule is CC(C)C1C(=O)NCC(=O)N1CCS(=O)(=O)C(C)(C)C. The van der Waals surface area contributed by atoms with Crippen LogP contribution in [0.15, 0.2) is 0 Å². The van der Waals surface area contributed by atoms with Gasteiger partial charge in [0.15, 0.2) is 9.84 Å². The molecule has 1 unspecified atom stereocenters. The number of amides is 2. The van der Waals surface area contributed by atoms with Crippen molar-refractivity contribution in [1.29, 1.82) is 0 Å². The van der Waals surface area contributed by atoms with E-state index >= 15 is 0 Å². The highest BCUT2D eigenvalue weighted by Crippen LogP contribution is 2.19. The summed E-state index contributed by atoms with van der Waals surface area (Å²) in [6.07, 6.45) is 0. The predicted molar refractivity (Wildman–Crippen MR) is 76.9 cm³/mol. The highest BCUT2D eigenvalue weighted by Gasteiger charge is 2.38. The summed E-state index contributed by atoms with van der Waals surface area (Å²) >= 11 is 0. The summed E-state index contributed by atoms with van der Waals surface area (Å²) in [6.45, 7) is 8.58. The number of rotatable bonds is 4. The smallest absolute Gasteiger partial charge is 0.243 e. The maximum Gasteiger partial charge on any atom is 0.243 e. The molecule has 1 N–H and O–H groups in total. The van der Waals surface area contributed by atoms with Crippen molar-refractivity contribution in [3.05, 3.63) is 0 Å². The molecular weight excluding hydrogens is 280 g/mol. The first-order valence-corrected chi connectivity index (χ1v) is 8.42. The molecule has 1 saturated heterocycles. The van der Waals surface area contributed by atoms with E-state index in [0.717, 1.165) is 0 Å². The van der Waals surface area contributed by atoms with Crippen molar-refractivity contribution in [2.75, 3.05) is 18.8 Å². The Labute approximate surface area is 120 Å². The molecule has 1 aliphatic heterocycles. The summed E-state index contributed by atoms with van der Waals surface area (Å²) in [7, 11) is -3.31. The van der Waals surface area contributed by atoms with Gasteiger partial charge in [-0.25, -0.2) is 8.42 Å². The van der Waals surface area contributed by atoms with Gasteiger partial charge in [0.1, 0.15) is 6.04 Å². The van der Waals surface area contributed by atoms with E-state index < -0.39 is 20.6 Å². The first-order valence-electron chi connectivity index (χ1n) is 6.77. The second-order valence-corrected chi connectivity index (χ2v) is 9.29. The topological polar surface area (TPSA) is 83.6 Å². The first kappa shape index (κ1) is 16.9. The molecule has 0 spiro atoms. The van der Waals surface area contributed by atoms with Crippen LogP contribution in [0.5, 0.6) is 0 Å². The number of carbonyl (C=O) groups excluding carboxylic acids is 2. The van der Waals surface area contributed by atoms with Gasteiger partial charge in [-0.2, -0.15) is 0 Å². The first-order chi connectivity index (χ1) is 8.97. The van der Waals surface area contributed by atoms with Crippen LogP contribution in [0.25, 0.3) is 0 Å². The molecule has 1 rings (SSSR count). The Balaban J connectivity index is 2.88. The third kappa shape index (κ3) is 3.50. The number of hydrogen-bond donors (Lipinski definition) is 1. The fraction of sp³-hybridized carbons (Fsp3) is 0.846. The van der Waals surface area contributed by atoms with Gasteiger partial charge in [0.25, 0.3) is 0 Å². The Morgan fingerprint density at radius 3 is 2.30 bits per heavy atom. The van der Waals surface area contributed by atoms with Crippen molar-refractivity contribution < 1.29 is 18.0 Å². The van der Waals surface area contributed by atoms with Gasteiger partial charge >= 0.3 is 0 Å². The van der Waals surface area contributed by atoms with E-state index in [0.29, 0.717) is 0 Å². The maximum absolute atomic E-state index is 12.1. The molecule has 116 valence electrons. The second kappa shape index (κ2) is 5.71. The molecule has 1 atom stereocenters. The van der Waals surface area contributed by atoms with E-state index in [9.17, 15) is 18.0 Å². The minimum Gasteiger partial charge on any atom is -0.345 e. The van der Waals surface area contributed by atoms with Crippen LogP contribution < -0.4 is 5.32 Å². The lowest BCUT2D eigenvalue weighted by Gasteiger charge is -2.37. The Hall–Kier alpha value is -1.11. The van der Waals surface area contributed by atoms with Crippen LogP contribution in [-0.2, 0) is 19.4 Å². The van der Waals surface area contributed by atoms with Gasteiger partial charge in [-0.05, 0) is 26.7 Å². The summed E-state index contributed by atoms with van der Waals surface area (Å²) in [5, 5.41) is 2.54. The van der Waals surface area contributed by atoms with Gasteiger partial charge in [-0.1, -0.05) is 13.8 Å². The molecule has 0 bridgehead atoms. The number of piperazine rings is 1. The molecule has 0 saturated carbocycles. The number of hydrogen-bond acceptors (Lipinski definition) is 4. The van der Waals surface area contributed by atoms with Crippen LogP contribution in [0, 0.1) is 5.92 Å². The molecule has 1 aliphatic rings. The van der Waals surface area contributed by atoms with Gasteiger partial charge in [0.05, 0.1) is 17.0 Å². The monoisotopic (exact) mass is 304 g/mol. The molecule has 7 heteroatoms. The highest BCUT2D eigenvalue weighted by molar-refractivity contribution is 7.92. The summed E-state index contributed by atoms with van der Waals surface area (Å²) in [5.74, 6) is -0.629. The molecule has 20 heavy (non-hydrogen) atoms. The van der Waals surface area contributed by atoms with Crippen molar-refractivity contribution in [2.24, 2.45) is 5.92 Å². The second-order valence-electron chi connectivity index (χ2n) is 6.43. The van der Waals surface area contributed by atoms with Crippen LogP contribution in [0.1, 0.15) is 34.6 Å². The van der Waals surface area contributed by atoms with Gasteiger partial charge in [-0.15, -0.1) is 0 Å². The summed E-state index contributed by atoms with van der Waals surface area (Å²) in [6, 6.07) is -0.591. The minimum absolute atomic E-state index is 0.0579. The average Bonchev–Trinajstić information content (AvgIpc) is 2.28. The average molecular weight is 304 g/mol. The largest absolute Gasteiger partial charge is 0.345 e. The van der Waals surface area contributed by atoms with Crippen molar-refractivity contribution in [3.63, 3.8) is 0 Å². The van der Waals surface area contributed by atoms with Gasteiger partial charge in [0, 0.05) is 6.54 Å². The Bertz CT molecular complexity index is 491. The molecule has 0 aromatic carbocycles. The van der Waals surface area contributed by atoms with Crippen LogP contribution in [-0.4, -0.2) is 54.8 Å². The van der Waals surface area contributed by atoms with Crippen LogP contribution in [0.3, 0.4) is 0 Å². The van der Waals surface area contributed by atoms with Crippen LogP contribution in [0.2, 0.25) is 0 Å². The van der Waals surface area contributed by atoms with E-state index in [1.165, 1.54) is 4.90 Å². The standard InChI is InChI=1S/C13H24N2O4S/c1-9(2)11-12(17)14-8-10(16)15(11)6-7-20(18,19)13(3,4)5/h9,11H,6-8H2,1-5H3,(H,14,17). The van der Waals surface area contributed by atoms with E-state index in [1.54, 1.807) is 20.8 Å². The van der Waals surface area contributed by atoms with Crippen LogP contribution >= 0.6 is 0 Å². The fourth-order valence-corrected chi connectivity index (χ4v) is 3.17. The number of sulfone groups is 1.